The highest BCUT2D eigenvalue weighted by atomic mass is 35.5. The summed E-state index contributed by atoms with van der Waals surface area (Å²) in [7, 11) is 0. The molecule has 4 nitrogen and oxygen atoms in total. The van der Waals surface area contributed by atoms with Gasteiger partial charge in [0, 0.05) is 41.4 Å². The lowest BCUT2D eigenvalue weighted by molar-refractivity contribution is -0.133. The van der Waals surface area contributed by atoms with Crippen molar-refractivity contribution in [3.8, 4) is 0 Å². The first kappa shape index (κ1) is 24.3. The maximum absolute atomic E-state index is 11.2. The highest BCUT2D eigenvalue weighted by Crippen LogP contribution is 2.32. The number of ether oxygens (including phenoxy) is 1. The average molecular weight is 469 g/mol. The molecule has 0 bridgehead atoms. The Labute approximate surface area is 193 Å². The molecule has 0 saturated carbocycles. The van der Waals surface area contributed by atoms with E-state index in [-0.39, 0.29) is 12.4 Å². The number of benzene rings is 2. The minimum absolute atomic E-state index is 0. The van der Waals surface area contributed by atoms with Crippen LogP contribution in [0.15, 0.2) is 60.4 Å². The van der Waals surface area contributed by atoms with Crippen LogP contribution in [0, 0.1) is 6.92 Å². The fourth-order valence-corrected chi connectivity index (χ4v) is 3.84. The fourth-order valence-electron chi connectivity index (χ4n) is 3.33. The number of carboxylic acid groups (broad SMARTS) is 1. The molecule has 3 rings (SSSR count). The number of carboxylic acids is 1. The smallest absolute Gasteiger partial charge is 0.332 e. The van der Waals surface area contributed by atoms with Crippen molar-refractivity contribution in [2.45, 2.75) is 13.3 Å². The van der Waals surface area contributed by atoms with Gasteiger partial charge < -0.3 is 9.84 Å². The molecule has 1 aliphatic rings. The van der Waals surface area contributed by atoms with Crippen LogP contribution < -0.4 is 0 Å². The summed E-state index contributed by atoms with van der Waals surface area (Å²) in [4.78, 5) is 13.2. The van der Waals surface area contributed by atoms with Crippen LogP contribution in [0.4, 0.5) is 0 Å². The minimum Gasteiger partial charge on any atom is -0.499 e. The summed E-state index contributed by atoms with van der Waals surface area (Å²) in [6, 6.07) is 13.5. The molecule has 160 valence electrons. The van der Waals surface area contributed by atoms with Gasteiger partial charge in [-0.1, -0.05) is 59.6 Å². The molecule has 0 spiro atoms. The summed E-state index contributed by atoms with van der Waals surface area (Å²) in [6.07, 6.45) is 4.26. The van der Waals surface area contributed by atoms with Crippen molar-refractivity contribution in [2.24, 2.45) is 0 Å². The van der Waals surface area contributed by atoms with E-state index in [9.17, 15) is 4.79 Å². The third-order valence-corrected chi connectivity index (χ3v) is 5.44. The van der Waals surface area contributed by atoms with Gasteiger partial charge in [-0.2, -0.15) is 0 Å². The van der Waals surface area contributed by atoms with E-state index in [4.69, 9.17) is 33.0 Å². The van der Waals surface area contributed by atoms with Gasteiger partial charge in [0.15, 0.2) is 0 Å². The van der Waals surface area contributed by atoms with Crippen molar-refractivity contribution in [3.05, 3.63) is 87.1 Å². The molecule has 2 aromatic rings. The fraction of sp³-hybridized carbons (Fsp3) is 0.261. The van der Waals surface area contributed by atoms with E-state index in [2.05, 4.69) is 4.90 Å². The quantitative estimate of drug-likeness (QED) is 0.409. The van der Waals surface area contributed by atoms with Crippen molar-refractivity contribution in [1.29, 1.82) is 0 Å². The highest BCUT2D eigenvalue weighted by molar-refractivity contribution is 6.35. The highest BCUT2D eigenvalue weighted by Gasteiger charge is 2.17. The molecule has 0 atom stereocenters. The van der Waals surface area contributed by atoms with Crippen LogP contribution >= 0.6 is 35.6 Å². The number of hydrogen-bond acceptors (Lipinski definition) is 3. The van der Waals surface area contributed by atoms with Gasteiger partial charge in [0.2, 0.25) is 0 Å². The Morgan fingerprint density at radius 1 is 1.20 bits per heavy atom. The van der Waals surface area contributed by atoms with E-state index < -0.39 is 5.97 Å². The normalized spacial score (nSPS) is 14.6. The van der Waals surface area contributed by atoms with Crippen molar-refractivity contribution < 1.29 is 14.6 Å². The lowest BCUT2D eigenvalue weighted by atomic mass is 9.95. The Balaban J connectivity index is 0.00000320. The Kier molecular flexibility index (Phi) is 9.25. The molecule has 7 heteroatoms. The van der Waals surface area contributed by atoms with Crippen molar-refractivity contribution in [3.63, 3.8) is 0 Å². The number of nitrogens with zero attached hydrogens (tertiary/aromatic N) is 1. The van der Waals surface area contributed by atoms with Crippen molar-refractivity contribution >= 4 is 47.2 Å². The standard InChI is InChI=1S/C23H23Cl2NO3.ClH/c1-16-5-2-3-7-19(16)21(20-9-8-18(24)13-22(20)25)15-29-12-11-26-10-4-6-17(14-26)23(27)28;/h2-3,5-9,13,15H,4,10-12,14H2,1H3,(H,27,28);1H. The predicted molar refractivity (Wildman–Crippen MR) is 125 cm³/mol. The largest absolute Gasteiger partial charge is 0.499 e. The van der Waals surface area contributed by atoms with Gasteiger partial charge in [0.25, 0.3) is 0 Å². The zero-order chi connectivity index (χ0) is 20.8. The van der Waals surface area contributed by atoms with Crippen LogP contribution in [0.3, 0.4) is 0 Å². The monoisotopic (exact) mass is 467 g/mol. The molecule has 0 saturated heterocycles. The Morgan fingerprint density at radius 2 is 1.97 bits per heavy atom. The van der Waals surface area contributed by atoms with Crippen LogP contribution in [0.2, 0.25) is 10.0 Å². The molecule has 0 unspecified atom stereocenters. The van der Waals surface area contributed by atoms with Crippen molar-refractivity contribution in [1.82, 2.24) is 4.90 Å². The topological polar surface area (TPSA) is 49.8 Å². The lowest BCUT2D eigenvalue weighted by Gasteiger charge is -2.25. The average Bonchev–Trinajstić information content (AvgIpc) is 2.70. The van der Waals surface area contributed by atoms with E-state index >= 15 is 0 Å². The number of aryl methyl sites for hydroxylation is 1. The Bertz CT molecular complexity index is 956. The van der Waals surface area contributed by atoms with Gasteiger partial charge >= 0.3 is 5.97 Å². The van der Waals surface area contributed by atoms with Gasteiger partial charge in [-0.3, -0.25) is 4.90 Å². The zero-order valence-electron chi connectivity index (χ0n) is 16.6. The first-order valence-electron chi connectivity index (χ1n) is 9.43. The summed E-state index contributed by atoms with van der Waals surface area (Å²) < 4.78 is 5.88. The van der Waals surface area contributed by atoms with Crippen LogP contribution in [0.1, 0.15) is 23.1 Å². The van der Waals surface area contributed by atoms with Crippen LogP contribution in [-0.4, -0.2) is 42.2 Å². The summed E-state index contributed by atoms with van der Waals surface area (Å²) in [5, 5.41) is 10.3. The Morgan fingerprint density at radius 3 is 2.67 bits per heavy atom. The van der Waals surface area contributed by atoms with Crippen LogP contribution in [0.5, 0.6) is 0 Å². The third-order valence-electron chi connectivity index (χ3n) is 4.89. The molecule has 1 N–H and O–H groups in total. The molecule has 0 amide bonds. The predicted octanol–water partition coefficient (Wildman–Crippen LogP) is 5.85. The molecule has 2 aromatic carbocycles. The molecule has 0 aliphatic carbocycles. The third kappa shape index (κ3) is 6.26. The minimum atomic E-state index is -0.852. The van der Waals surface area contributed by atoms with E-state index in [0.717, 1.165) is 35.2 Å². The maximum atomic E-state index is 11.2. The summed E-state index contributed by atoms with van der Waals surface area (Å²) in [6.45, 7) is 4.41. The summed E-state index contributed by atoms with van der Waals surface area (Å²) in [5.41, 5.74) is 4.32. The van der Waals surface area contributed by atoms with Gasteiger partial charge in [0.1, 0.15) is 6.61 Å². The molecule has 1 aliphatic heterocycles. The van der Waals surface area contributed by atoms with Gasteiger partial charge in [0.05, 0.1) is 11.3 Å². The second-order valence-electron chi connectivity index (χ2n) is 6.94. The first-order valence-corrected chi connectivity index (χ1v) is 10.2. The molecule has 0 radical (unpaired) electrons. The SMILES string of the molecule is Cc1ccccc1C(=COCCN1CCC=C(C(=O)O)C1)c1ccc(Cl)cc1Cl.Cl. The van der Waals surface area contributed by atoms with Gasteiger partial charge in [-0.05, 0) is 36.6 Å². The van der Waals surface area contributed by atoms with Crippen LogP contribution in [-0.2, 0) is 9.53 Å². The van der Waals surface area contributed by atoms with Crippen LogP contribution in [0.25, 0.3) is 5.57 Å². The second kappa shape index (κ2) is 11.4. The number of rotatable bonds is 7. The summed E-state index contributed by atoms with van der Waals surface area (Å²) in [5.74, 6) is -0.852. The first-order chi connectivity index (χ1) is 14.0. The van der Waals surface area contributed by atoms with Crippen molar-refractivity contribution in [2.75, 3.05) is 26.2 Å². The molecule has 1 heterocycles. The number of halogens is 3. The zero-order valence-corrected chi connectivity index (χ0v) is 18.9. The summed E-state index contributed by atoms with van der Waals surface area (Å²) >= 11 is 12.5. The second-order valence-corrected chi connectivity index (χ2v) is 7.78. The molecular weight excluding hydrogens is 445 g/mol. The van der Waals surface area contributed by atoms with Gasteiger partial charge in [-0.25, -0.2) is 4.79 Å². The van der Waals surface area contributed by atoms with E-state index in [1.165, 1.54) is 0 Å². The van der Waals surface area contributed by atoms with Gasteiger partial charge in [-0.15, -0.1) is 12.4 Å². The molecular formula is C23H24Cl3NO3. The van der Waals surface area contributed by atoms with E-state index in [1.54, 1.807) is 18.4 Å². The number of carbonyl (C=O) groups is 1. The lowest BCUT2D eigenvalue weighted by Crippen LogP contribution is -2.34. The number of hydrogen-bond donors (Lipinski definition) is 1. The van der Waals surface area contributed by atoms with E-state index in [1.807, 2.05) is 43.3 Å². The van der Waals surface area contributed by atoms with E-state index in [0.29, 0.717) is 35.3 Å². The maximum Gasteiger partial charge on any atom is 0.332 e. The Hall–Kier alpha value is -1.98. The molecule has 0 fully saturated rings. The molecule has 0 aromatic heterocycles. The molecule has 30 heavy (non-hydrogen) atoms. The number of aliphatic carboxylic acids is 1.